The van der Waals surface area contributed by atoms with Crippen molar-refractivity contribution in [3.8, 4) is 5.82 Å². The van der Waals surface area contributed by atoms with Crippen LogP contribution in [0.1, 0.15) is 29.9 Å². The van der Waals surface area contributed by atoms with Gasteiger partial charge in [0.1, 0.15) is 0 Å². The zero-order valence-electron chi connectivity index (χ0n) is 9.81. The van der Waals surface area contributed by atoms with Crippen molar-refractivity contribution in [2.75, 3.05) is 0 Å². The molecule has 2 N–H and O–H groups in total. The molecule has 0 aromatic carbocycles. The molecule has 1 atom stereocenters. The zero-order valence-corrected chi connectivity index (χ0v) is 9.81. The fourth-order valence-corrected chi connectivity index (χ4v) is 1.65. The van der Waals surface area contributed by atoms with Gasteiger partial charge < -0.3 is 5.73 Å². The molecule has 0 bridgehead atoms. The van der Waals surface area contributed by atoms with E-state index >= 15 is 0 Å². The monoisotopic (exact) mass is 216 g/mol. The van der Waals surface area contributed by atoms with Crippen LogP contribution in [0, 0.1) is 13.8 Å². The van der Waals surface area contributed by atoms with E-state index in [-0.39, 0.29) is 6.04 Å². The maximum Gasteiger partial charge on any atom is 0.153 e. The molecule has 0 unspecified atom stereocenters. The summed E-state index contributed by atoms with van der Waals surface area (Å²) < 4.78 is 1.83. The summed E-state index contributed by atoms with van der Waals surface area (Å²) in [5.74, 6) is 0.829. The van der Waals surface area contributed by atoms with E-state index in [1.54, 1.807) is 6.20 Å². The molecule has 2 aromatic rings. The molecule has 0 radical (unpaired) electrons. The van der Waals surface area contributed by atoms with Crippen LogP contribution in [0.3, 0.4) is 0 Å². The zero-order chi connectivity index (χ0) is 11.7. The van der Waals surface area contributed by atoms with Crippen molar-refractivity contribution < 1.29 is 0 Å². The molecule has 2 heterocycles. The number of nitrogens with two attached hydrogens (primary N) is 1. The Kier molecular flexibility index (Phi) is 2.75. The van der Waals surface area contributed by atoms with Crippen LogP contribution in [0.15, 0.2) is 24.4 Å². The van der Waals surface area contributed by atoms with Crippen molar-refractivity contribution in [2.24, 2.45) is 5.73 Å². The second kappa shape index (κ2) is 4.06. The highest BCUT2D eigenvalue weighted by molar-refractivity contribution is 5.28. The Morgan fingerprint density at radius 2 is 2.06 bits per heavy atom. The van der Waals surface area contributed by atoms with Gasteiger partial charge in [-0.15, -0.1) is 0 Å². The molecule has 0 saturated heterocycles. The molecular weight excluding hydrogens is 200 g/mol. The van der Waals surface area contributed by atoms with Gasteiger partial charge in [-0.3, -0.25) is 0 Å². The Morgan fingerprint density at radius 1 is 1.31 bits per heavy atom. The predicted octanol–water partition coefficient (Wildman–Crippen LogP) is 1.90. The van der Waals surface area contributed by atoms with Crippen molar-refractivity contribution in [2.45, 2.75) is 26.8 Å². The number of hydrogen-bond donors (Lipinski definition) is 1. The van der Waals surface area contributed by atoms with Gasteiger partial charge >= 0.3 is 0 Å². The Labute approximate surface area is 95.1 Å². The smallest absolute Gasteiger partial charge is 0.153 e. The highest BCUT2D eigenvalue weighted by Gasteiger charge is 2.05. The maximum atomic E-state index is 5.77. The molecule has 0 saturated carbocycles. The van der Waals surface area contributed by atoms with E-state index < -0.39 is 0 Å². The summed E-state index contributed by atoms with van der Waals surface area (Å²) in [5, 5.41) is 4.38. The fourth-order valence-electron chi connectivity index (χ4n) is 1.65. The van der Waals surface area contributed by atoms with Gasteiger partial charge in [-0.25, -0.2) is 9.67 Å². The molecule has 2 aromatic heterocycles. The number of rotatable bonds is 2. The molecule has 84 valence electrons. The SMILES string of the molecule is Cc1cc(C)n(-c2ccc([C@H](C)N)cn2)n1. The highest BCUT2D eigenvalue weighted by atomic mass is 15.3. The maximum absolute atomic E-state index is 5.77. The van der Waals surface area contributed by atoms with Crippen LogP contribution in [0.4, 0.5) is 0 Å². The fraction of sp³-hybridized carbons (Fsp3) is 0.333. The summed E-state index contributed by atoms with van der Waals surface area (Å²) >= 11 is 0. The average molecular weight is 216 g/mol. The summed E-state index contributed by atoms with van der Waals surface area (Å²) in [6.45, 7) is 5.93. The molecule has 16 heavy (non-hydrogen) atoms. The van der Waals surface area contributed by atoms with Crippen molar-refractivity contribution in [1.29, 1.82) is 0 Å². The second-order valence-electron chi connectivity index (χ2n) is 4.08. The van der Waals surface area contributed by atoms with Crippen molar-refractivity contribution >= 4 is 0 Å². The third-order valence-corrected chi connectivity index (χ3v) is 2.52. The molecule has 0 aliphatic carbocycles. The summed E-state index contributed by atoms with van der Waals surface area (Å²) in [6, 6.07) is 5.98. The van der Waals surface area contributed by atoms with Crippen LogP contribution in [0.25, 0.3) is 5.82 Å². The van der Waals surface area contributed by atoms with Crippen LogP contribution in [0.5, 0.6) is 0 Å². The summed E-state index contributed by atoms with van der Waals surface area (Å²) in [6.07, 6.45) is 1.80. The normalized spacial score (nSPS) is 12.8. The largest absolute Gasteiger partial charge is 0.324 e. The van der Waals surface area contributed by atoms with E-state index in [4.69, 9.17) is 5.73 Å². The van der Waals surface area contributed by atoms with Crippen LogP contribution >= 0.6 is 0 Å². The minimum absolute atomic E-state index is 0.0157. The van der Waals surface area contributed by atoms with Gasteiger partial charge in [0.15, 0.2) is 5.82 Å². The molecule has 0 fully saturated rings. The number of pyridine rings is 1. The van der Waals surface area contributed by atoms with Crippen LogP contribution in [-0.4, -0.2) is 14.8 Å². The van der Waals surface area contributed by atoms with Gasteiger partial charge in [-0.05, 0) is 38.5 Å². The summed E-state index contributed by atoms with van der Waals surface area (Å²) in [4.78, 5) is 4.36. The van der Waals surface area contributed by atoms with E-state index in [0.717, 1.165) is 22.8 Å². The van der Waals surface area contributed by atoms with Gasteiger partial charge in [0.2, 0.25) is 0 Å². The minimum Gasteiger partial charge on any atom is -0.324 e. The molecule has 0 amide bonds. The quantitative estimate of drug-likeness (QED) is 0.834. The van der Waals surface area contributed by atoms with Gasteiger partial charge in [-0.1, -0.05) is 6.07 Å². The summed E-state index contributed by atoms with van der Waals surface area (Å²) in [5.41, 5.74) is 8.88. The number of aromatic nitrogens is 3. The molecule has 2 rings (SSSR count). The first-order valence-electron chi connectivity index (χ1n) is 5.33. The van der Waals surface area contributed by atoms with Crippen LogP contribution < -0.4 is 5.73 Å². The lowest BCUT2D eigenvalue weighted by molar-refractivity contribution is 0.783. The number of aryl methyl sites for hydroxylation is 2. The first-order chi connectivity index (χ1) is 7.58. The van der Waals surface area contributed by atoms with E-state index in [0.29, 0.717) is 0 Å². The lowest BCUT2D eigenvalue weighted by atomic mass is 10.1. The predicted molar refractivity (Wildman–Crippen MR) is 63.4 cm³/mol. The van der Waals surface area contributed by atoms with Crippen molar-refractivity contribution in [1.82, 2.24) is 14.8 Å². The third kappa shape index (κ3) is 1.97. The van der Waals surface area contributed by atoms with E-state index in [2.05, 4.69) is 10.1 Å². The summed E-state index contributed by atoms with van der Waals surface area (Å²) in [7, 11) is 0. The van der Waals surface area contributed by atoms with Crippen LogP contribution in [0.2, 0.25) is 0 Å². The molecule has 0 aliphatic heterocycles. The average Bonchev–Trinajstić information content (AvgIpc) is 2.58. The molecule has 0 spiro atoms. The Bertz CT molecular complexity index is 482. The van der Waals surface area contributed by atoms with E-state index in [1.807, 2.05) is 43.7 Å². The van der Waals surface area contributed by atoms with Crippen molar-refractivity contribution in [3.63, 3.8) is 0 Å². The van der Waals surface area contributed by atoms with Gasteiger partial charge in [-0.2, -0.15) is 5.10 Å². The molecule has 4 heteroatoms. The third-order valence-electron chi connectivity index (χ3n) is 2.52. The number of nitrogens with zero attached hydrogens (tertiary/aromatic N) is 3. The van der Waals surface area contributed by atoms with Gasteiger partial charge in [0, 0.05) is 17.9 Å². The molecule has 4 nitrogen and oxygen atoms in total. The first kappa shape index (κ1) is 10.8. The Morgan fingerprint density at radius 3 is 2.50 bits per heavy atom. The highest BCUT2D eigenvalue weighted by Crippen LogP contribution is 2.12. The van der Waals surface area contributed by atoms with Crippen molar-refractivity contribution in [3.05, 3.63) is 41.3 Å². The van der Waals surface area contributed by atoms with Gasteiger partial charge in [0.25, 0.3) is 0 Å². The van der Waals surface area contributed by atoms with E-state index in [1.165, 1.54) is 0 Å². The Balaban J connectivity index is 2.38. The molecular formula is C12H16N4. The number of hydrogen-bond acceptors (Lipinski definition) is 3. The van der Waals surface area contributed by atoms with Crippen LogP contribution in [-0.2, 0) is 0 Å². The lowest BCUT2D eigenvalue weighted by Gasteiger charge is -2.07. The van der Waals surface area contributed by atoms with Gasteiger partial charge in [0.05, 0.1) is 5.69 Å². The topological polar surface area (TPSA) is 56.7 Å². The second-order valence-corrected chi connectivity index (χ2v) is 4.08. The van der Waals surface area contributed by atoms with E-state index in [9.17, 15) is 0 Å². The minimum atomic E-state index is 0.0157. The molecule has 0 aliphatic rings. The Hall–Kier alpha value is -1.68. The first-order valence-corrected chi connectivity index (χ1v) is 5.33. The lowest BCUT2D eigenvalue weighted by Crippen LogP contribution is -2.07. The standard InChI is InChI=1S/C12H16N4/c1-8-6-9(2)16(15-8)12-5-4-11(7-14-12)10(3)13/h4-7,10H,13H2,1-3H3/t10-/m0/s1.